The minimum absolute atomic E-state index is 0.152. The number of likely N-dealkylation sites (tertiary alicyclic amines) is 2. The highest BCUT2D eigenvalue weighted by Gasteiger charge is 2.43. The molecule has 0 saturated carbocycles. The van der Waals surface area contributed by atoms with Gasteiger partial charge in [-0.15, -0.1) is 0 Å². The maximum atomic E-state index is 12.9. The van der Waals surface area contributed by atoms with Crippen LogP contribution in [-0.2, 0) is 4.74 Å². The standard InChI is InChI=1S/C25H32N4O3/c1-16(2)15-32-25(31)29-13-20-11-28(12-21(20)14-29)24(30)27-23-10-19(8-9-22(23)26)18-6-4-17(3)5-7-18/h4-10,16,20-21H,11-15,26H2,1-3H3,(H,27,30). The third-order valence-corrected chi connectivity index (χ3v) is 6.25. The largest absolute Gasteiger partial charge is 0.449 e. The highest BCUT2D eigenvalue weighted by molar-refractivity contribution is 5.94. The molecular weight excluding hydrogens is 404 g/mol. The Balaban J connectivity index is 1.35. The molecule has 2 aliphatic rings. The first kappa shape index (κ1) is 22.0. The Kier molecular flexibility index (Phi) is 6.26. The molecule has 2 aromatic rings. The summed E-state index contributed by atoms with van der Waals surface area (Å²) in [5.41, 5.74) is 10.6. The zero-order chi connectivity index (χ0) is 22.8. The first-order chi connectivity index (χ1) is 15.3. The number of carbonyl (C=O) groups is 2. The van der Waals surface area contributed by atoms with Gasteiger partial charge in [0.1, 0.15) is 0 Å². The van der Waals surface area contributed by atoms with Crippen LogP contribution in [0.3, 0.4) is 0 Å². The molecule has 3 amide bonds. The molecule has 2 unspecified atom stereocenters. The fourth-order valence-corrected chi connectivity index (χ4v) is 4.42. The number of ether oxygens (including phenoxy) is 1. The lowest BCUT2D eigenvalue weighted by atomic mass is 10.0. The normalized spacial score (nSPS) is 19.9. The second-order valence-electron chi connectivity index (χ2n) is 9.40. The van der Waals surface area contributed by atoms with Crippen LogP contribution in [-0.4, -0.2) is 54.7 Å². The maximum absolute atomic E-state index is 12.9. The van der Waals surface area contributed by atoms with Crippen molar-refractivity contribution in [1.29, 1.82) is 0 Å². The molecule has 170 valence electrons. The zero-order valence-corrected chi connectivity index (χ0v) is 19.0. The van der Waals surface area contributed by atoms with E-state index < -0.39 is 0 Å². The van der Waals surface area contributed by atoms with Crippen molar-refractivity contribution in [3.05, 3.63) is 48.0 Å². The molecule has 2 atom stereocenters. The monoisotopic (exact) mass is 436 g/mol. The minimum Gasteiger partial charge on any atom is -0.449 e. The molecule has 2 aromatic carbocycles. The molecule has 0 spiro atoms. The summed E-state index contributed by atoms with van der Waals surface area (Å²) in [5.74, 6) is 0.879. The Morgan fingerprint density at radius 1 is 1.00 bits per heavy atom. The second-order valence-corrected chi connectivity index (χ2v) is 9.40. The molecule has 3 N–H and O–H groups in total. The van der Waals surface area contributed by atoms with E-state index in [4.69, 9.17) is 10.5 Å². The van der Waals surface area contributed by atoms with E-state index in [-0.39, 0.29) is 24.0 Å². The van der Waals surface area contributed by atoms with Crippen LogP contribution in [0, 0.1) is 24.7 Å². The smallest absolute Gasteiger partial charge is 0.409 e. The quantitative estimate of drug-likeness (QED) is 0.694. The number of rotatable bonds is 4. The highest BCUT2D eigenvalue weighted by Crippen LogP contribution is 2.33. The Morgan fingerprint density at radius 3 is 2.22 bits per heavy atom. The van der Waals surface area contributed by atoms with Crippen LogP contribution in [0.25, 0.3) is 11.1 Å². The van der Waals surface area contributed by atoms with Gasteiger partial charge in [0.25, 0.3) is 0 Å². The second kappa shape index (κ2) is 9.10. The summed E-state index contributed by atoms with van der Waals surface area (Å²) in [4.78, 5) is 28.8. The van der Waals surface area contributed by atoms with E-state index in [1.807, 2.05) is 36.9 Å². The average Bonchev–Trinajstić information content (AvgIpc) is 3.34. The van der Waals surface area contributed by atoms with E-state index in [2.05, 4.69) is 36.5 Å². The first-order valence-electron chi connectivity index (χ1n) is 11.2. The van der Waals surface area contributed by atoms with Crippen molar-refractivity contribution in [3.63, 3.8) is 0 Å². The molecule has 4 rings (SSSR count). The molecular formula is C25H32N4O3. The summed E-state index contributed by atoms with van der Waals surface area (Å²) in [6.07, 6.45) is -0.246. The molecule has 0 aliphatic carbocycles. The summed E-state index contributed by atoms with van der Waals surface area (Å²) in [5, 5.41) is 2.99. The molecule has 2 heterocycles. The number of fused-ring (bicyclic) bond motifs is 1. The van der Waals surface area contributed by atoms with E-state index in [1.54, 1.807) is 4.90 Å². The fraction of sp³-hybridized carbons (Fsp3) is 0.440. The predicted octanol–water partition coefficient (Wildman–Crippen LogP) is 4.43. The number of benzene rings is 2. The molecule has 0 radical (unpaired) electrons. The zero-order valence-electron chi connectivity index (χ0n) is 19.0. The molecule has 2 aliphatic heterocycles. The Morgan fingerprint density at radius 2 is 1.59 bits per heavy atom. The number of amides is 3. The molecule has 0 aromatic heterocycles. The number of anilines is 2. The Bertz CT molecular complexity index is 975. The van der Waals surface area contributed by atoms with Gasteiger partial charge in [0.2, 0.25) is 0 Å². The van der Waals surface area contributed by atoms with E-state index >= 15 is 0 Å². The van der Waals surface area contributed by atoms with Crippen molar-refractivity contribution in [2.24, 2.45) is 17.8 Å². The van der Waals surface area contributed by atoms with Crippen molar-refractivity contribution >= 4 is 23.5 Å². The van der Waals surface area contributed by atoms with Crippen LogP contribution >= 0.6 is 0 Å². The van der Waals surface area contributed by atoms with Crippen LogP contribution in [0.15, 0.2) is 42.5 Å². The SMILES string of the molecule is Cc1ccc(-c2ccc(N)c(NC(=O)N3CC4CN(C(=O)OCC(C)C)CC4C3)c2)cc1. The van der Waals surface area contributed by atoms with Crippen LogP contribution < -0.4 is 11.1 Å². The van der Waals surface area contributed by atoms with Gasteiger partial charge in [0.15, 0.2) is 0 Å². The van der Waals surface area contributed by atoms with Crippen molar-refractivity contribution < 1.29 is 14.3 Å². The van der Waals surface area contributed by atoms with Gasteiger partial charge < -0.3 is 25.6 Å². The number of hydrogen-bond acceptors (Lipinski definition) is 4. The van der Waals surface area contributed by atoms with Gasteiger partial charge in [0, 0.05) is 38.0 Å². The lowest BCUT2D eigenvalue weighted by Gasteiger charge is -2.22. The van der Waals surface area contributed by atoms with E-state index in [0.29, 0.717) is 50.1 Å². The van der Waals surface area contributed by atoms with Gasteiger partial charge in [-0.05, 0) is 36.1 Å². The minimum atomic E-state index is -0.246. The summed E-state index contributed by atoms with van der Waals surface area (Å²) >= 11 is 0. The van der Waals surface area contributed by atoms with E-state index in [9.17, 15) is 9.59 Å². The summed E-state index contributed by atoms with van der Waals surface area (Å²) in [7, 11) is 0. The molecule has 2 saturated heterocycles. The predicted molar refractivity (Wildman–Crippen MR) is 126 cm³/mol. The van der Waals surface area contributed by atoms with Gasteiger partial charge in [-0.3, -0.25) is 0 Å². The highest BCUT2D eigenvalue weighted by atomic mass is 16.6. The lowest BCUT2D eigenvalue weighted by Crippen LogP contribution is -2.38. The third kappa shape index (κ3) is 4.82. The number of nitrogens with one attached hydrogen (secondary N) is 1. The fourth-order valence-electron chi connectivity index (χ4n) is 4.42. The van der Waals surface area contributed by atoms with Gasteiger partial charge in [-0.1, -0.05) is 49.7 Å². The lowest BCUT2D eigenvalue weighted by molar-refractivity contribution is 0.0961. The van der Waals surface area contributed by atoms with Crippen LogP contribution in [0.5, 0.6) is 0 Å². The van der Waals surface area contributed by atoms with Crippen LogP contribution in [0.4, 0.5) is 21.0 Å². The molecule has 7 heteroatoms. The number of aryl methyl sites for hydroxylation is 1. The molecule has 2 fully saturated rings. The molecule has 7 nitrogen and oxygen atoms in total. The number of nitrogen functional groups attached to an aromatic ring is 1. The number of hydrogen-bond donors (Lipinski definition) is 2. The Labute approximate surface area is 189 Å². The summed E-state index contributed by atoms with van der Waals surface area (Å²) in [6, 6.07) is 13.8. The molecule has 32 heavy (non-hydrogen) atoms. The average molecular weight is 437 g/mol. The maximum Gasteiger partial charge on any atom is 0.409 e. The number of nitrogens with two attached hydrogens (primary N) is 1. The summed E-state index contributed by atoms with van der Waals surface area (Å²) < 4.78 is 5.35. The van der Waals surface area contributed by atoms with Crippen molar-refractivity contribution in [1.82, 2.24) is 9.80 Å². The Hall–Kier alpha value is -3.22. The van der Waals surface area contributed by atoms with Gasteiger partial charge in [0.05, 0.1) is 18.0 Å². The van der Waals surface area contributed by atoms with E-state index in [1.165, 1.54) is 5.56 Å². The topological polar surface area (TPSA) is 87.9 Å². The van der Waals surface area contributed by atoms with Crippen molar-refractivity contribution in [3.8, 4) is 11.1 Å². The van der Waals surface area contributed by atoms with Crippen molar-refractivity contribution in [2.45, 2.75) is 20.8 Å². The van der Waals surface area contributed by atoms with E-state index in [0.717, 1.165) is 11.1 Å². The summed E-state index contributed by atoms with van der Waals surface area (Å²) in [6.45, 7) is 9.05. The number of carbonyl (C=O) groups excluding carboxylic acids is 2. The molecule has 0 bridgehead atoms. The van der Waals surface area contributed by atoms with Crippen LogP contribution in [0.1, 0.15) is 19.4 Å². The van der Waals surface area contributed by atoms with Gasteiger partial charge in [-0.2, -0.15) is 0 Å². The van der Waals surface area contributed by atoms with Crippen LogP contribution in [0.2, 0.25) is 0 Å². The van der Waals surface area contributed by atoms with Gasteiger partial charge in [-0.25, -0.2) is 9.59 Å². The van der Waals surface area contributed by atoms with Gasteiger partial charge >= 0.3 is 12.1 Å². The third-order valence-electron chi connectivity index (χ3n) is 6.25. The number of urea groups is 1. The first-order valence-corrected chi connectivity index (χ1v) is 11.2. The van der Waals surface area contributed by atoms with Crippen molar-refractivity contribution in [2.75, 3.05) is 43.8 Å². The number of nitrogens with zero attached hydrogens (tertiary/aromatic N) is 2.